The maximum absolute atomic E-state index is 13.1. The normalized spacial score (nSPS) is 16.9. The van der Waals surface area contributed by atoms with Crippen LogP contribution in [0.2, 0.25) is 0 Å². The summed E-state index contributed by atoms with van der Waals surface area (Å²) >= 11 is 0. The van der Waals surface area contributed by atoms with Crippen molar-refractivity contribution in [2.75, 3.05) is 6.54 Å². The Bertz CT molecular complexity index is 615. The third-order valence-corrected chi connectivity index (χ3v) is 3.29. The van der Waals surface area contributed by atoms with Gasteiger partial charge in [-0.05, 0) is 23.3 Å². The first kappa shape index (κ1) is 12.7. The van der Waals surface area contributed by atoms with Gasteiger partial charge in [-0.15, -0.1) is 0 Å². The molecule has 0 bridgehead atoms. The Morgan fingerprint density at radius 2 is 2.00 bits per heavy atom. The minimum atomic E-state index is -0.358. The molecule has 1 atom stereocenters. The molecular formula is C16H14FNO2. The lowest BCUT2D eigenvalue weighted by molar-refractivity contribution is 0.122. The molecule has 0 spiro atoms. The minimum absolute atomic E-state index is 0.0611. The molecule has 20 heavy (non-hydrogen) atoms. The van der Waals surface area contributed by atoms with Crippen LogP contribution in [-0.4, -0.2) is 17.5 Å². The van der Waals surface area contributed by atoms with Crippen LogP contribution in [0.15, 0.2) is 54.6 Å². The van der Waals surface area contributed by atoms with Gasteiger partial charge in [0.05, 0.1) is 6.04 Å². The topological polar surface area (TPSA) is 29.3 Å². The van der Waals surface area contributed by atoms with Crippen LogP contribution >= 0.6 is 0 Å². The lowest BCUT2D eigenvalue weighted by Crippen LogP contribution is -2.13. The maximum atomic E-state index is 13.1. The Labute approximate surface area is 116 Å². The fraction of sp³-hybridized carbons (Fsp3) is 0.188. The van der Waals surface area contributed by atoms with E-state index in [9.17, 15) is 9.18 Å². The number of amides is 1. The Hall–Kier alpha value is -2.36. The summed E-state index contributed by atoms with van der Waals surface area (Å²) in [5.41, 5.74) is 1.76. The highest BCUT2D eigenvalue weighted by atomic mass is 19.1. The lowest BCUT2D eigenvalue weighted by atomic mass is 10.1. The second-order valence-electron chi connectivity index (χ2n) is 4.76. The monoisotopic (exact) mass is 271 g/mol. The van der Waals surface area contributed by atoms with Crippen LogP contribution in [0, 0.1) is 5.82 Å². The van der Waals surface area contributed by atoms with Crippen molar-refractivity contribution in [2.24, 2.45) is 0 Å². The smallest absolute Gasteiger partial charge is 0.410 e. The average molecular weight is 271 g/mol. The van der Waals surface area contributed by atoms with Gasteiger partial charge in [0, 0.05) is 6.54 Å². The molecule has 1 fully saturated rings. The van der Waals surface area contributed by atoms with E-state index >= 15 is 0 Å². The van der Waals surface area contributed by atoms with Gasteiger partial charge in [-0.3, -0.25) is 4.90 Å². The van der Waals surface area contributed by atoms with Gasteiger partial charge >= 0.3 is 6.09 Å². The molecule has 0 aliphatic carbocycles. The van der Waals surface area contributed by atoms with Crippen molar-refractivity contribution in [3.8, 4) is 0 Å². The van der Waals surface area contributed by atoms with Gasteiger partial charge in [0.1, 0.15) is 12.4 Å². The number of hydrogen-bond donors (Lipinski definition) is 0. The molecule has 1 heterocycles. The number of carbonyl (C=O) groups is 1. The van der Waals surface area contributed by atoms with Crippen molar-refractivity contribution in [1.29, 1.82) is 0 Å². The quantitative estimate of drug-likeness (QED) is 0.799. The van der Waals surface area contributed by atoms with Crippen molar-refractivity contribution in [2.45, 2.75) is 12.6 Å². The summed E-state index contributed by atoms with van der Waals surface area (Å²) in [5.74, 6) is -0.285. The lowest BCUT2D eigenvalue weighted by Gasteiger charge is -2.07. The summed E-state index contributed by atoms with van der Waals surface area (Å²) in [6.07, 6.45) is -0.358. The Morgan fingerprint density at radius 1 is 1.20 bits per heavy atom. The van der Waals surface area contributed by atoms with Gasteiger partial charge in [0.2, 0.25) is 0 Å². The van der Waals surface area contributed by atoms with Crippen LogP contribution in [0.25, 0.3) is 0 Å². The highest BCUT2D eigenvalue weighted by molar-refractivity contribution is 5.71. The van der Waals surface area contributed by atoms with Gasteiger partial charge < -0.3 is 4.74 Å². The van der Waals surface area contributed by atoms with Crippen LogP contribution < -0.4 is 0 Å². The molecule has 0 N–H and O–H groups in total. The van der Waals surface area contributed by atoms with Gasteiger partial charge in [0.25, 0.3) is 0 Å². The SMILES string of the molecule is O=C(OCc1ccccc1)N1C[C@@H]1c1cccc(F)c1. The highest BCUT2D eigenvalue weighted by Gasteiger charge is 2.40. The number of nitrogens with zero attached hydrogens (tertiary/aromatic N) is 1. The van der Waals surface area contributed by atoms with E-state index in [-0.39, 0.29) is 24.6 Å². The zero-order chi connectivity index (χ0) is 13.9. The van der Waals surface area contributed by atoms with Crippen LogP contribution in [0.1, 0.15) is 17.2 Å². The molecule has 1 aliphatic heterocycles. The Balaban J connectivity index is 1.55. The van der Waals surface area contributed by atoms with Gasteiger partial charge in [0.15, 0.2) is 0 Å². The molecule has 0 aromatic heterocycles. The molecule has 3 nitrogen and oxygen atoms in total. The first-order valence-corrected chi connectivity index (χ1v) is 6.47. The molecule has 3 rings (SSSR count). The van der Waals surface area contributed by atoms with Gasteiger partial charge in [-0.25, -0.2) is 9.18 Å². The van der Waals surface area contributed by atoms with Crippen molar-refractivity contribution in [3.63, 3.8) is 0 Å². The van der Waals surface area contributed by atoms with E-state index in [1.165, 1.54) is 12.1 Å². The number of halogens is 1. The minimum Gasteiger partial charge on any atom is -0.445 e. The van der Waals surface area contributed by atoms with Crippen LogP contribution in [0.5, 0.6) is 0 Å². The first-order chi connectivity index (χ1) is 9.74. The van der Waals surface area contributed by atoms with Gasteiger partial charge in [-0.2, -0.15) is 0 Å². The van der Waals surface area contributed by atoms with Crippen molar-refractivity contribution in [1.82, 2.24) is 4.90 Å². The predicted octanol–water partition coefficient (Wildman–Crippen LogP) is 3.52. The van der Waals surface area contributed by atoms with Crippen molar-refractivity contribution < 1.29 is 13.9 Å². The zero-order valence-electron chi connectivity index (χ0n) is 10.8. The summed E-state index contributed by atoms with van der Waals surface area (Å²) in [4.78, 5) is 13.4. The van der Waals surface area contributed by atoms with Crippen LogP contribution in [0.3, 0.4) is 0 Å². The first-order valence-electron chi connectivity index (χ1n) is 6.47. The maximum Gasteiger partial charge on any atom is 0.410 e. The number of hydrogen-bond acceptors (Lipinski definition) is 2. The van der Waals surface area contributed by atoms with E-state index in [4.69, 9.17) is 4.74 Å². The molecule has 102 valence electrons. The molecule has 1 saturated heterocycles. The predicted molar refractivity (Wildman–Crippen MR) is 72.5 cm³/mol. The van der Waals surface area contributed by atoms with Crippen LogP contribution in [-0.2, 0) is 11.3 Å². The second-order valence-corrected chi connectivity index (χ2v) is 4.76. The molecule has 0 radical (unpaired) electrons. The number of ether oxygens (including phenoxy) is 1. The van der Waals surface area contributed by atoms with E-state index in [2.05, 4.69) is 0 Å². The zero-order valence-corrected chi connectivity index (χ0v) is 10.8. The van der Waals surface area contributed by atoms with E-state index in [1.54, 1.807) is 11.0 Å². The number of benzene rings is 2. The number of carbonyl (C=O) groups excluding carboxylic acids is 1. The molecular weight excluding hydrogens is 257 g/mol. The fourth-order valence-electron chi connectivity index (χ4n) is 2.14. The van der Waals surface area contributed by atoms with Gasteiger partial charge in [-0.1, -0.05) is 42.5 Å². The molecule has 0 unspecified atom stereocenters. The summed E-state index contributed by atoms with van der Waals surface area (Å²) < 4.78 is 18.3. The summed E-state index contributed by atoms with van der Waals surface area (Å²) in [7, 11) is 0. The highest BCUT2D eigenvalue weighted by Crippen LogP contribution is 2.35. The fourth-order valence-corrected chi connectivity index (χ4v) is 2.14. The summed E-state index contributed by atoms with van der Waals surface area (Å²) in [6.45, 7) is 0.836. The third kappa shape index (κ3) is 2.79. The molecule has 1 amide bonds. The summed E-state index contributed by atoms with van der Waals surface area (Å²) in [5, 5.41) is 0. The summed E-state index contributed by atoms with van der Waals surface area (Å²) in [6, 6.07) is 15.8. The van der Waals surface area contributed by atoms with E-state index in [1.807, 2.05) is 36.4 Å². The van der Waals surface area contributed by atoms with E-state index in [0.717, 1.165) is 11.1 Å². The molecule has 1 aliphatic rings. The Kier molecular flexibility index (Phi) is 3.37. The standard InChI is InChI=1S/C16H14FNO2/c17-14-8-4-7-13(9-14)15-10-18(15)16(19)20-11-12-5-2-1-3-6-12/h1-9,15H,10-11H2/t15-,18?/m1/s1. The molecule has 2 aromatic carbocycles. The van der Waals surface area contributed by atoms with Crippen molar-refractivity contribution in [3.05, 3.63) is 71.5 Å². The van der Waals surface area contributed by atoms with Crippen molar-refractivity contribution >= 4 is 6.09 Å². The Morgan fingerprint density at radius 3 is 2.75 bits per heavy atom. The molecule has 4 heteroatoms. The number of rotatable bonds is 3. The third-order valence-electron chi connectivity index (χ3n) is 3.29. The molecule has 0 saturated carbocycles. The van der Waals surface area contributed by atoms with E-state index < -0.39 is 0 Å². The largest absolute Gasteiger partial charge is 0.445 e. The van der Waals surface area contributed by atoms with Crippen LogP contribution in [0.4, 0.5) is 9.18 Å². The van der Waals surface area contributed by atoms with E-state index in [0.29, 0.717) is 6.54 Å². The average Bonchev–Trinajstić information content (AvgIpc) is 3.26. The second kappa shape index (κ2) is 5.33. The molecule has 2 aromatic rings.